The van der Waals surface area contributed by atoms with Crippen molar-refractivity contribution in [1.82, 2.24) is 15.2 Å². The molecule has 1 fully saturated rings. The first-order valence-electron chi connectivity index (χ1n) is 9.79. The minimum atomic E-state index is 0.402. The maximum atomic E-state index is 5.99. The molecule has 2 aromatic heterocycles. The van der Waals surface area contributed by atoms with Crippen LogP contribution < -0.4 is 14.8 Å². The van der Waals surface area contributed by atoms with E-state index < -0.39 is 0 Å². The van der Waals surface area contributed by atoms with Crippen LogP contribution in [0.1, 0.15) is 18.4 Å². The van der Waals surface area contributed by atoms with Crippen LogP contribution >= 0.6 is 0 Å². The molecule has 0 saturated carbocycles. The normalized spacial score (nSPS) is 15.8. The van der Waals surface area contributed by atoms with Gasteiger partial charge in [0, 0.05) is 36.4 Å². The van der Waals surface area contributed by atoms with Gasteiger partial charge in [0.25, 0.3) is 0 Å². The first-order valence-corrected chi connectivity index (χ1v) is 9.79. The highest BCUT2D eigenvalue weighted by Crippen LogP contribution is 2.39. The summed E-state index contributed by atoms with van der Waals surface area (Å²) in [5, 5.41) is 11.4. The zero-order chi connectivity index (χ0) is 19.6. The number of nitrogens with one attached hydrogen (secondary N) is 1. The molecule has 3 aromatic rings. The van der Waals surface area contributed by atoms with Crippen molar-refractivity contribution in [3.63, 3.8) is 0 Å². The van der Waals surface area contributed by atoms with Crippen LogP contribution in [0.25, 0.3) is 22.3 Å². The molecule has 0 radical (unpaired) electrons. The molecule has 1 saturated heterocycles. The van der Waals surface area contributed by atoms with Crippen molar-refractivity contribution in [2.75, 3.05) is 25.6 Å². The zero-order valence-corrected chi connectivity index (χ0v) is 16.2. The molecule has 2 aliphatic rings. The molecule has 1 aromatic carbocycles. The van der Waals surface area contributed by atoms with Gasteiger partial charge < -0.3 is 19.5 Å². The SMILES string of the molecule is COc1cc(-c2ccc3c(c2)COc2nc(NC4CCOCC4)ccc2-3)cnn1. The first-order chi connectivity index (χ1) is 14.3. The second kappa shape index (κ2) is 7.67. The van der Waals surface area contributed by atoms with E-state index in [4.69, 9.17) is 19.2 Å². The maximum absolute atomic E-state index is 5.99. The predicted molar refractivity (Wildman–Crippen MR) is 109 cm³/mol. The second-order valence-corrected chi connectivity index (χ2v) is 7.23. The first kappa shape index (κ1) is 17.9. The molecule has 1 N–H and O–H groups in total. The van der Waals surface area contributed by atoms with Crippen LogP contribution in [0.15, 0.2) is 42.6 Å². The molecule has 29 heavy (non-hydrogen) atoms. The summed E-state index contributed by atoms with van der Waals surface area (Å²) in [7, 11) is 1.59. The van der Waals surface area contributed by atoms with Gasteiger partial charge in [0.15, 0.2) is 0 Å². The summed E-state index contributed by atoms with van der Waals surface area (Å²) in [6.45, 7) is 2.08. The Morgan fingerprint density at radius 2 is 1.90 bits per heavy atom. The quantitative estimate of drug-likeness (QED) is 0.728. The van der Waals surface area contributed by atoms with Gasteiger partial charge in [-0.25, -0.2) is 0 Å². The van der Waals surface area contributed by atoms with Crippen LogP contribution in [0.3, 0.4) is 0 Å². The molecule has 4 heterocycles. The third-order valence-corrected chi connectivity index (χ3v) is 5.37. The van der Waals surface area contributed by atoms with Crippen molar-refractivity contribution in [2.24, 2.45) is 0 Å². The number of nitrogens with zero attached hydrogens (tertiary/aromatic N) is 3. The van der Waals surface area contributed by atoms with E-state index in [0.717, 1.165) is 59.7 Å². The van der Waals surface area contributed by atoms with E-state index in [1.807, 2.05) is 12.1 Å². The molecule has 0 spiro atoms. The van der Waals surface area contributed by atoms with Crippen LogP contribution in [0.4, 0.5) is 5.82 Å². The van der Waals surface area contributed by atoms with Gasteiger partial charge in [-0.3, -0.25) is 0 Å². The average molecular weight is 390 g/mol. The predicted octanol–water partition coefficient (Wildman–Crippen LogP) is 3.70. The van der Waals surface area contributed by atoms with Gasteiger partial charge in [-0.05, 0) is 47.7 Å². The number of hydrogen-bond acceptors (Lipinski definition) is 7. The van der Waals surface area contributed by atoms with E-state index in [-0.39, 0.29) is 0 Å². The highest BCUT2D eigenvalue weighted by molar-refractivity contribution is 5.78. The molecule has 0 atom stereocenters. The lowest BCUT2D eigenvalue weighted by atomic mass is 9.95. The Balaban J connectivity index is 1.42. The smallest absolute Gasteiger partial charge is 0.233 e. The average Bonchev–Trinajstić information content (AvgIpc) is 2.79. The standard InChI is InChI=1S/C22H22N4O3/c1-27-21-11-15(12-23-26-21)14-2-3-18-16(10-14)13-29-22-19(18)4-5-20(25-22)24-17-6-8-28-9-7-17/h2-5,10-12,17H,6-9,13H2,1H3,(H,24,25). The van der Waals surface area contributed by atoms with E-state index >= 15 is 0 Å². The lowest BCUT2D eigenvalue weighted by molar-refractivity contribution is 0.0904. The Morgan fingerprint density at radius 1 is 1.03 bits per heavy atom. The number of rotatable bonds is 4. The summed E-state index contributed by atoms with van der Waals surface area (Å²) in [5.74, 6) is 2.02. The fraction of sp³-hybridized carbons (Fsp3) is 0.318. The lowest BCUT2D eigenvalue weighted by Crippen LogP contribution is -2.28. The summed E-state index contributed by atoms with van der Waals surface area (Å²) in [5.41, 5.74) is 5.29. The highest BCUT2D eigenvalue weighted by atomic mass is 16.5. The molecule has 7 nitrogen and oxygen atoms in total. The van der Waals surface area contributed by atoms with Crippen molar-refractivity contribution in [3.05, 3.63) is 48.2 Å². The minimum Gasteiger partial charge on any atom is -0.480 e. The monoisotopic (exact) mass is 390 g/mol. The fourth-order valence-electron chi connectivity index (χ4n) is 3.79. The number of hydrogen-bond donors (Lipinski definition) is 1. The largest absolute Gasteiger partial charge is 0.480 e. The Bertz CT molecular complexity index is 1030. The summed E-state index contributed by atoms with van der Waals surface area (Å²) in [6, 6.07) is 12.7. The van der Waals surface area contributed by atoms with E-state index in [0.29, 0.717) is 24.4 Å². The van der Waals surface area contributed by atoms with Crippen LogP contribution in [-0.4, -0.2) is 41.5 Å². The van der Waals surface area contributed by atoms with Crippen LogP contribution in [0.5, 0.6) is 11.8 Å². The van der Waals surface area contributed by atoms with E-state index in [1.54, 1.807) is 13.3 Å². The minimum absolute atomic E-state index is 0.402. The molecular formula is C22H22N4O3. The zero-order valence-electron chi connectivity index (χ0n) is 16.2. The molecule has 0 unspecified atom stereocenters. The van der Waals surface area contributed by atoms with Gasteiger partial charge in [0.05, 0.1) is 13.3 Å². The topological polar surface area (TPSA) is 78.4 Å². The molecule has 2 aliphatic heterocycles. The second-order valence-electron chi connectivity index (χ2n) is 7.23. The van der Waals surface area contributed by atoms with Crippen molar-refractivity contribution in [3.8, 4) is 34.0 Å². The summed E-state index contributed by atoms with van der Waals surface area (Å²) < 4.78 is 16.6. The van der Waals surface area contributed by atoms with E-state index in [9.17, 15) is 0 Å². The number of anilines is 1. The Labute approximate surface area is 169 Å². The third kappa shape index (κ3) is 3.61. The maximum Gasteiger partial charge on any atom is 0.233 e. The molecule has 148 valence electrons. The third-order valence-electron chi connectivity index (χ3n) is 5.37. The van der Waals surface area contributed by atoms with E-state index in [1.165, 1.54) is 0 Å². The Hall–Kier alpha value is -3.19. The number of aromatic nitrogens is 3. The van der Waals surface area contributed by atoms with Gasteiger partial charge in [-0.2, -0.15) is 10.1 Å². The van der Waals surface area contributed by atoms with Gasteiger partial charge in [-0.1, -0.05) is 12.1 Å². The van der Waals surface area contributed by atoms with Gasteiger partial charge >= 0.3 is 0 Å². The van der Waals surface area contributed by atoms with Crippen LogP contribution in [-0.2, 0) is 11.3 Å². The number of methoxy groups -OCH3 is 1. The van der Waals surface area contributed by atoms with E-state index in [2.05, 4.69) is 39.8 Å². The van der Waals surface area contributed by atoms with Gasteiger partial charge in [0.1, 0.15) is 12.4 Å². The molecule has 5 rings (SSSR count). The fourth-order valence-corrected chi connectivity index (χ4v) is 3.79. The van der Waals surface area contributed by atoms with Crippen molar-refractivity contribution < 1.29 is 14.2 Å². The Morgan fingerprint density at radius 3 is 2.76 bits per heavy atom. The summed E-state index contributed by atoms with van der Waals surface area (Å²) in [4.78, 5) is 4.70. The van der Waals surface area contributed by atoms with Crippen molar-refractivity contribution in [2.45, 2.75) is 25.5 Å². The molecule has 0 aliphatic carbocycles. The van der Waals surface area contributed by atoms with Crippen molar-refractivity contribution >= 4 is 5.82 Å². The summed E-state index contributed by atoms with van der Waals surface area (Å²) >= 11 is 0. The summed E-state index contributed by atoms with van der Waals surface area (Å²) in [6.07, 6.45) is 3.73. The number of ether oxygens (including phenoxy) is 3. The highest BCUT2D eigenvalue weighted by Gasteiger charge is 2.21. The van der Waals surface area contributed by atoms with Crippen LogP contribution in [0, 0.1) is 0 Å². The molecule has 7 heteroatoms. The van der Waals surface area contributed by atoms with Crippen LogP contribution in [0.2, 0.25) is 0 Å². The van der Waals surface area contributed by atoms with Gasteiger partial charge in [-0.15, -0.1) is 5.10 Å². The number of pyridine rings is 1. The lowest BCUT2D eigenvalue weighted by Gasteiger charge is -2.25. The number of benzene rings is 1. The molecular weight excluding hydrogens is 368 g/mol. The van der Waals surface area contributed by atoms with Crippen molar-refractivity contribution in [1.29, 1.82) is 0 Å². The molecule has 0 bridgehead atoms. The van der Waals surface area contributed by atoms with Gasteiger partial charge in [0.2, 0.25) is 11.8 Å². The Kier molecular flexibility index (Phi) is 4.73. The number of fused-ring (bicyclic) bond motifs is 3. The molecule has 0 amide bonds.